The molecule has 1 amide bonds. The highest BCUT2D eigenvalue weighted by Crippen LogP contribution is 2.31. The van der Waals surface area contributed by atoms with Crippen molar-refractivity contribution in [2.24, 2.45) is 0 Å². The molecule has 21 heavy (non-hydrogen) atoms. The topological polar surface area (TPSA) is 41.1 Å². The molecule has 4 heteroatoms. The van der Waals surface area contributed by atoms with Gasteiger partial charge < -0.3 is 10.6 Å². The van der Waals surface area contributed by atoms with Crippen LogP contribution < -0.4 is 10.6 Å². The van der Waals surface area contributed by atoms with E-state index < -0.39 is 0 Å². The lowest BCUT2D eigenvalue weighted by atomic mass is 9.99. The Balaban J connectivity index is 1.73. The fourth-order valence-electron chi connectivity index (χ4n) is 2.69. The summed E-state index contributed by atoms with van der Waals surface area (Å²) in [4.78, 5) is 12.5. The van der Waals surface area contributed by atoms with Gasteiger partial charge in [0, 0.05) is 17.3 Å². The quantitative estimate of drug-likeness (QED) is 0.907. The molecule has 2 N–H and O–H groups in total. The van der Waals surface area contributed by atoms with E-state index in [0.717, 1.165) is 16.8 Å². The summed E-state index contributed by atoms with van der Waals surface area (Å²) >= 11 is 6.00. The molecule has 0 bridgehead atoms. The predicted molar refractivity (Wildman–Crippen MR) is 85.7 cm³/mol. The number of nitrogens with one attached hydrogen (secondary N) is 2. The molecule has 0 saturated carbocycles. The normalized spacial score (nSPS) is 17.7. The van der Waals surface area contributed by atoms with Gasteiger partial charge in [-0.25, -0.2) is 0 Å². The molecule has 1 heterocycles. The van der Waals surface area contributed by atoms with Gasteiger partial charge in [-0.15, -0.1) is 0 Å². The minimum absolute atomic E-state index is 0.0416. The highest BCUT2D eigenvalue weighted by Gasteiger charge is 2.28. The lowest BCUT2D eigenvalue weighted by Crippen LogP contribution is -2.32. The van der Waals surface area contributed by atoms with Crippen LogP contribution in [0.1, 0.15) is 30.0 Å². The van der Waals surface area contributed by atoms with Crippen LogP contribution in [0.3, 0.4) is 0 Å². The maximum Gasteiger partial charge on any atom is 0.229 e. The van der Waals surface area contributed by atoms with Crippen LogP contribution in [-0.4, -0.2) is 12.5 Å². The van der Waals surface area contributed by atoms with Crippen molar-refractivity contribution in [3.63, 3.8) is 0 Å². The van der Waals surface area contributed by atoms with Gasteiger partial charge in [0.25, 0.3) is 0 Å². The zero-order valence-corrected chi connectivity index (χ0v) is 12.5. The Morgan fingerprint density at radius 3 is 2.90 bits per heavy atom. The summed E-state index contributed by atoms with van der Waals surface area (Å²) < 4.78 is 0. The minimum Gasteiger partial charge on any atom is -0.384 e. The molecule has 108 valence electrons. The summed E-state index contributed by atoms with van der Waals surface area (Å²) in [7, 11) is 0. The molecular formula is C17H17ClN2O. The largest absolute Gasteiger partial charge is 0.384 e. The van der Waals surface area contributed by atoms with Crippen molar-refractivity contribution in [2.75, 3.05) is 11.9 Å². The third-order valence-corrected chi connectivity index (χ3v) is 4.09. The Morgan fingerprint density at radius 2 is 2.10 bits per heavy atom. The van der Waals surface area contributed by atoms with Crippen LogP contribution in [0.15, 0.2) is 48.5 Å². The monoisotopic (exact) mass is 300 g/mol. The lowest BCUT2D eigenvalue weighted by molar-refractivity contribution is -0.122. The number of amides is 1. The summed E-state index contributed by atoms with van der Waals surface area (Å²) in [6.45, 7) is 2.62. The van der Waals surface area contributed by atoms with E-state index in [1.165, 1.54) is 0 Å². The Morgan fingerprint density at radius 1 is 1.29 bits per heavy atom. The van der Waals surface area contributed by atoms with E-state index in [2.05, 4.69) is 10.6 Å². The van der Waals surface area contributed by atoms with Crippen molar-refractivity contribution in [2.45, 2.75) is 18.9 Å². The van der Waals surface area contributed by atoms with Crippen LogP contribution in [0.25, 0.3) is 0 Å². The number of hydrogen-bond acceptors (Lipinski definition) is 2. The fourth-order valence-corrected chi connectivity index (χ4v) is 2.89. The number of hydrogen-bond donors (Lipinski definition) is 2. The maximum absolute atomic E-state index is 12.5. The third kappa shape index (κ3) is 2.88. The number of anilines is 1. The maximum atomic E-state index is 12.5. The highest BCUT2D eigenvalue weighted by atomic mass is 35.5. The van der Waals surface area contributed by atoms with Gasteiger partial charge in [-0.05, 0) is 36.2 Å². The van der Waals surface area contributed by atoms with Gasteiger partial charge in [-0.2, -0.15) is 0 Å². The van der Waals surface area contributed by atoms with Crippen LogP contribution in [0.5, 0.6) is 0 Å². The molecule has 0 aromatic heterocycles. The van der Waals surface area contributed by atoms with Crippen molar-refractivity contribution in [1.29, 1.82) is 0 Å². The zero-order valence-electron chi connectivity index (χ0n) is 11.8. The molecule has 1 aliphatic rings. The van der Waals surface area contributed by atoms with E-state index in [1.807, 2.05) is 55.5 Å². The molecule has 0 saturated heterocycles. The van der Waals surface area contributed by atoms with Crippen LogP contribution in [-0.2, 0) is 4.79 Å². The Hall–Kier alpha value is -2.00. The van der Waals surface area contributed by atoms with Gasteiger partial charge in [-0.3, -0.25) is 4.79 Å². The first-order valence-corrected chi connectivity index (χ1v) is 7.41. The molecule has 2 aromatic rings. The zero-order chi connectivity index (χ0) is 14.8. The van der Waals surface area contributed by atoms with Crippen molar-refractivity contribution in [1.82, 2.24) is 5.32 Å². The molecular weight excluding hydrogens is 284 g/mol. The first kappa shape index (κ1) is 14.0. The molecule has 3 rings (SSSR count). The van der Waals surface area contributed by atoms with Gasteiger partial charge in [0.05, 0.1) is 12.0 Å². The Kier molecular flexibility index (Phi) is 3.84. The number of carbonyl (C=O) groups excluding carboxylic acids is 1. The van der Waals surface area contributed by atoms with Crippen molar-refractivity contribution >= 4 is 23.2 Å². The van der Waals surface area contributed by atoms with Crippen molar-refractivity contribution in [3.8, 4) is 0 Å². The molecule has 0 spiro atoms. The van der Waals surface area contributed by atoms with E-state index in [1.54, 1.807) is 0 Å². The van der Waals surface area contributed by atoms with Gasteiger partial charge >= 0.3 is 0 Å². The number of fused-ring (bicyclic) bond motifs is 1. The van der Waals surface area contributed by atoms with Crippen LogP contribution in [0, 0.1) is 0 Å². The standard InChI is InChI=1S/C17H17ClN2O/c1-11(12-5-4-6-13(18)9-12)20-17(21)15-10-19-16-8-3-2-7-14(15)16/h2-9,11,15,19H,10H2,1H3,(H,20,21). The van der Waals surface area contributed by atoms with E-state index in [9.17, 15) is 4.79 Å². The first-order chi connectivity index (χ1) is 10.1. The van der Waals surface area contributed by atoms with Gasteiger partial charge in [0.15, 0.2) is 0 Å². The van der Waals surface area contributed by atoms with Crippen LogP contribution in [0.4, 0.5) is 5.69 Å². The minimum atomic E-state index is -0.136. The summed E-state index contributed by atoms with van der Waals surface area (Å²) in [6, 6.07) is 15.5. The summed E-state index contributed by atoms with van der Waals surface area (Å²) in [5.74, 6) is -0.0947. The van der Waals surface area contributed by atoms with Crippen LogP contribution in [0.2, 0.25) is 5.02 Å². The van der Waals surface area contributed by atoms with E-state index in [4.69, 9.17) is 11.6 Å². The number of carbonyl (C=O) groups is 1. The number of para-hydroxylation sites is 1. The van der Waals surface area contributed by atoms with E-state index in [0.29, 0.717) is 11.6 Å². The average molecular weight is 301 g/mol. The summed E-state index contributed by atoms with van der Waals surface area (Å²) in [6.07, 6.45) is 0. The second kappa shape index (κ2) is 5.78. The number of halogens is 1. The van der Waals surface area contributed by atoms with Gasteiger partial charge in [0.1, 0.15) is 0 Å². The molecule has 2 atom stereocenters. The molecule has 0 fully saturated rings. The highest BCUT2D eigenvalue weighted by molar-refractivity contribution is 6.30. The fraction of sp³-hybridized carbons (Fsp3) is 0.235. The SMILES string of the molecule is CC(NC(=O)C1CNc2ccccc21)c1cccc(Cl)c1. The summed E-state index contributed by atoms with van der Waals surface area (Å²) in [5, 5.41) is 7.02. The molecule has 3 nitrogen and oxygen atoms in total. The number of benzene rings is 2. The Bertz CT molecular complexity index is 671. The average Bonchev–Trinajstić information content (AvgIpc) is 2.91. The second-order valence-electron chi connectivity index (χ2n) is 5.31. The molecule has 0 radical (unpaired) electrons. The second-order valence-corrected chi connectivity index (χ2v) is 5.74. The molecule has 0 aliphatic carbocycles. The smallest absolute Gasteiger partial charge is 0.229 e. The molecule has 1 aliphatic heterocycles. The van der Waals surface area contributed by atoms with E-state index >= 15 is 0 Å². The third-order valence-electron chi connectivity index (χ3n) is 3.86. The van der Waals surface area contributed by atoms with Crippen molar-refractivity contribution in [3.05, 3.63) is 64.7 Å². The summed E-state index contributed by atoms with van der Waals surface area (Å²) in [5.41, 5.74) is 3.12. The van der Waals surface area contributed by atoms with Crippen molar-refractivity contribution < 1.29 is 4.79 Å². The number of rotatable bonds is 3. The Labute approximate surface area is 129 Å². The molecule has 2 aromatic carbocycles. The first-order valence-electron chi connectivity index (χ1n) is 7.04. The van der Waals surface area contributed by atoms with E-state index in [-0.39, 0.29) is 17.9 Å². The van der Waals surface area contributed by atoms with Gasteiger partial charge in [0.2, 0.25) is 5.91 Å². The van der Waals surface area contributed by atoms with Crippen LogP contribution >= 0.6 is 11.6 Å². The molecule has 2 unspecified atom stereocenters. The van der Waals surface area contributed by atoms with Gasteiger partial charge in [-0.1, -0.05) is 41.9 Å². The lowest BCUT2D eigenvalue weighted by Gasteiger charge is -2.18. The predicted octanol–water partition coefficient (Wildman–Crippen LogP) is 3.73.